The molecule has 2 amide bonds. The highest BCUT2D eigenvalue weighted by molar-refractivity contribution is 7.10. The van der Waals surface area contributed by atoms with Gasteiger partial charge in [-0.15, -0.1) is 11.3 Å². The van der Waals surface area contributed by atoms with E-state index in [1.165, 1.54) is 24.3 Å². The van der Waals surface area contributed by atoms with Gasteiger partial charge in [-0.25, -0.2) is 4.39 Å². The zero-order chi connectivity index (χ0) is 18.6. The highest BCUT2D eigenvalue weighted by Crippen LogP contribution is 2.18. The third kappa shape index (κ3) is 4.89. The minimum atomic E-state index is -0.636. The number of halogens is 1. The lowest BCUT2D eigenvalue weighted by atomic mass is 10.0. The molecule has 6 heteroatoms. The van der Waals surface area contributed by atoms with Crippen molar-refractivity contribution in [2.24, 2.45) is 5.92 Å². The normalized spacial score (nSPS) is 12.1. The molecule has 1 aromatic carbocycles. The predicted octanol–water partition coefficient (Wildman–Crippen LogP) is 3.61. The highest BCUT2D eigenvalue weighted by atomic mass is 32.1. The third-order valence-electron chi connectivity index (χ3n) is 4.05. The zero-order valence-electron chi connectivity index (χ0n) is 14.9. The van der Waals surface area contributed by atoms with Gasteiger partial charge in [0.25, 0.3) is 5.91 Å². The lowest BCUT2D eigenvalue weighted by Gasteiger charge is -2.27. The van der Waals surface area contributed by atoms with Crippen molar-refractivity contribution in [1.29, 1.82) is 0 Å². The molecule has 0 saturated carbocycles. The maximum Gasteiger partial charge on any atom is 0.251 e. The van der Waals surface area contributed by atoms with E-state index in [9.17, 15) is 14.0 Å². The van der Waals surface area contributed by atoms with E-state index in [-0.39, 0.29) is 17.7 Å². The van der Waals surface area contributed by atoms with Crippen molar-refractivity contribution in [3.63, 3.8) is 0 Å². The van der Waals surface area contributed by atoms with Crippen LogP contribution < -0.4 is 5.32 Å². The van der Waals surface area contributed by atoms with Crippen LogP contribution in [0.4, 0.5) is 4.39 Å². The molecule has 0 aliphatic heterocycles. The summed E-state index contributed by atoms with van der Waals surface area (Å²) in [6, 6.07) is 6.66. The summed E-state index contributed by atoms with van der Waals surface area (Å²) in [7, 11) is 1.74. The lowest BCUT2D eigenvalue weighted by Crippen LogP contribution is -2.50. The summed E-state index contributed by atoms with van der Waals surface area (Å²) >= 11 is 1.61. The molecule has 0 fully saturated rings. The SMILES string of the molecule is Cc1ccsc1CN(C)C(=O)[C@@H](NC(=O)c1ccc(F)cc1)C(C)C. The fourth-order valence-electron chi connectivity index (χ4n) is 2.44. The first-order valence-electron chi connectivity index (χ1n) is 8.14. The largest absolute Gasteiger partial charge is 0.340 e. The van der Waals surface area contributed by atoms with E-state index in [1.807, 2.05) is 32.2 Å². The molecule has 0 spiro atoms. The summed E-state index contributed by atoms with van der Waals surface area (Å²) in [5.74, 6) is -0.992. The van der Waals surface area contributed by atoms with Gasteiger partial charge in [0, 0.05) is 17.5 Å². The van der Waals surface area contributed by atoms with Crippen molar-refractivity contribution in [3.05, 3.63) is 57.5 Å². The number of carbonyl (C=O) groups is 2. The van der Waals surface area contributed by atoms with Crippen molar-refractivity contribution in [3.8, 4) is 0 Å². The van der Waals surface area contributed by atoms with Crippen LogP contribution >= 0.6 is 11.3 Å². The van der Waals surface area contributed by atoms with Crippen LogP contribution in [0.5, 0.6) is 0 Å². The molecule has 25 heavy (non-hydrogen) atoms. The molecule has 2 rings (SSSR count). The fourth-order valence-corrected chi connectivity index (χ4v) is 3.39. The predicted molar refractivity (Wildman–Crippen MR) is 98.0 cm³/mol. The number of likely N-dealkylation sites (N-methyl/N-ethyl adjacent to an activating group) is 1. The van der Waals surface area contributed by atoms with Gasteiger partial charge in [0.2, 0.25) is 5.91 Å². The molecule has 0 saturated heterocycles. The molecule has 134 valence electrons. The van der Waals surface area contributed by atoms with E-state index >= 15 is 0 Å². The van der Waals surface area contributed by atoms with Crippen LogP contribution in [-0.2, 0) is 11.3 Å². The van der Waals surface area contributed by atoms with Gasteiger partial charge >= 0.3 is 0 Å². The lowest BCUT2D eigenvalue weighted by molar-refractivity contribution is -0.133. The second-order valence-electron chi connectivity index (χ2n) is 6.42. The number of hydrogen-bond acceptors (Lipinski definition) is 3. The van der Waals surface area contributed by atoms with E-state index in [2.05, 4.69) is 5.32 Å². The number of benzene rings is 1. The Morgan fingerprint density at radius 3 is 2.36 bits per heavy atom. The van der Waals surface area contributed by atoms with Crippen LogP contribution in [-0.4, -0.2) is 29.8 Å². The Labute approximate surface area is 151 Å². The van der Waals surface area contributed by atoms with E-state index in [4.69, 9.17) is 0 Å². The average molecular weight is 362 g/mol. The standard InChI is InChI=1S/C19H23FN2O2S/c1-12(2)17(21-18(23)14-5-7-15(20)8-6-14)19(24)22(4)11-16-13(3)9-10-25-16/h5-10,12,17H,11H2,1-4H3,(H,21,23)/t17-/m0/s1. The number of hydrogen-bond donors (Lipinski definition) is 1. The summed E-state index contributed by atoms with van der Waals surface area (Å²) in [6.45, 7) is 6.30. The summed E-state index contributed by atoms with van der Waals surface area (Å²) in [5, 5.41) is 4.78. The molecule has 1 heterocycles. The maximum absolute atomic E-state index is 13.0. The van der Waals surface area contributed by atoms with Crippen LogP contribution in [0.1, 0.15) is 34.6 Å². The second-order valence-corrected chi connectivity index (χ2v) is 7.42. The van der Waals surface area contributed by atoms with E-state index in [0.29, 0.717) is 12.1 Å². The van der Waals surface area contributed by atoms with Gasteiger partial charge in [-0.2, -0.15) is 0 Å². The Morgan fingerprint density at radius 2 is 1.84 bits per heavy atom. The van der Waals surface area contributed by atoms with Gasteiger partial charge in [0.05, 0.1) is 6.54 Å². The van der Waals surface area contributed by atoms with Crippen LogP contribution in [0.15, 0.2) is 35.7 Å². The van der Waals surface area contributed by atoms with Gasteiger partial charge < -0.3 is 10.2 Å². The Kier molecular flexibility index (Phi) is 6.31. The number of rotatable bonds is 6. The van der Waals surface area contributed by atoms with Gasteiger partial charge in [-0.1, -0.05) is 13.8 Å². The molecule has 1 atom stereocenters. The van der Waals surface area contributed by atoms with Crippen molar-refractivity contribution < 1.29 is 14.0 Å². The van der Waals surface area contributed by atoms with Crippen LogP contribution in [0.25, 0.3) is 0 Å². The van der Waals surface area contributed by atoms with Crippen molar-refractivity contribution in [2.45, 2.75) is 33.4 Å². The first-order chi connectivity index (χ1) is 11.8. The number of carbonyl (C=O) groups excluding carboxylic acids is 2. The van der Waals surface area contributed by atoms with Gasteiger partial charge in [-0.05, 0) is 54.1 Å². The zero-order valence-corrected chi connectivity index (χ0v) is 15.7. The van der Waals surface area contributed by atoms with Crippen molar-refractivity contribution in [1.82, 2.24) is 10.2 Å². The van der Waals surface area contributed by atoms with E-state index in [0.717, 1.165) is 10.4 Å². The van der Waals surface area contributed by atoms with Crippen LogP contribution in [0.3, 0.4) is 0 Å². The Hall–Kier alpha value is -2.21. The molecule has 0 radical (unpaired) electrons. The van der Waals surface area contributed by atoms with Crippen molar-refractivity contribution in [2.75, 3.05) is 7.05 Å². The number of nitrogens with one attached hydrogen (secondary N) is 1. The third-order valence-corrected chi connectivity index (χ3v) is 5.06. The topological polar surface area (TPSA) is 49.4 Å². The summed E-state index contributed by atoms with van der Waals surface area (Å²) in [6.07, 6.45) is 0. The summed E-state index contributed by atoms with van der Waals surface area (Å²) in [4.78, 5) is 27.9. The Morgan fingerprint density at radius 1 is 1.20 bits per heavy atom. The molecule has 0 bridgehead atoms. The number of thiophene rings is 1. The number of nitrogens with zero attached hydrogens (tertiary/aromatic N) is 1. The Balaban J connectivity index is 2.08. The first-order valence-corrected chi connectivity index (χ1v) is 9.02. The van der Waals surface area contributed by atoms with Gasteiger partial charge in [-0.3, -0.25) is 9.59 Å². The van der Waals surface area contributed by atoms with E-state index in [1.54, 1.807) is 23.3 Å². The average Bonchev–Trinajstić information content (AvgIpc) is 2.97. The molecular weight excluding hydrogens is 339 g/mol. The molecule has 1 aromatic heterocycles. The quantitative estimate of drug-likeness (QED) is 0.853. The van der Waals surface area contributed by atoms with Crippen molar-refractivity contribution >= 4 is 23.2 Å². The minimum absolute atomic E-state index is 0.0659. The molecule has 0 aliphatic rings. The molecule has 4 nitrogen and oxygen atoms in total. The number of aryl methyl sites for hydroxylation is 1. The fraction of sp³-hybridized carbons (Fsp3) is 0.368. The highest BCUT2D eigenvalue weighted by Gasteiger charge is 2.27. The molecule has 0 unspecified atom stereocenters. The summed E-state index contributed by atoms with van der Waals surface area (Å²) < 4.78 is 13.0. The second kappa shape index (κ2) is 8.25. The van der Waals surface area contributed by atoms with Crippen LogP contribution in [0, 0.1) is 18.7 Å². The smallest absolute Gasteiger partial charge is 0.251 e. The Bertz CT molecular complexity index is 740. The number of amides is 2. The monoisotopic (exact) mass is 362 g/mol. The summed E-state index contributed by atoms with van der Waals surface area (Å²) in [5.41, 5.74) is 1.48. The first kappa shape index (κ1) is 19.1. The molecular formula is C19H23FN2O2S. The molecule has 2 aromatic rings. The minimum Gasteiger partial charge on any atom is -0.340 e. The van der Waals surface area contributed by atoms with Gasteiger partial charge in [0.15, 0.2) is 0 Å². The molecule has 1 N–H and O–H groups in total. The molecule has 0 aliphatic carbocycles. The van der Waals surface area contributed by atoms with E-state index < -0.39 is 11.9 Å². The maximum atomic E-state index is 13.0. The van der Waals surface area contributed by atoms with Gasteiger partial charge in [0.1, 0.15) is 11.9 Å². The van der Waals surface area contributed by atoms with Crippen LogP contribution in [0.2, 0.25) is 0 Å².